The molecule has 0 atom stereocenters. The van der Waals surface area contributed by atoms with Crippen LogP contribution < -0.4 is 4.74 Å². The maximum Gasteiger partial charge on any atom is 0.167 e. The molecule has 0 radical (unpaired) electrons. The summed E-state index contributed by atoms with van der Waals surface area (Å²) in [6.07, 6.45) is 2.67. The highest BCUT2D eigenvalue weighted by Crippen LogP contribution is 2.21. The van der Waals surface area contributed by atoms with Gasteiger partial charge in [0, 0.05) is 12.8 Å². The third-order valence-electron chi connectivity index (χ3n) is 3.32. The van der Waals surface area contributed by atoms with Gasteiger partial charge in [0.25, 0.3) is 0 Å². The Hall–Kier alpha value is -1.46. The molecule has 0 amide bonds. The van der Waals surface area contributed by atoms with Gasteiger partial charge in [-0.15, -0.1) is 0 Å². The Morgan fingerprint density at radius 2 is 2.14 bits per heavy atom. The highest BCUT2D eigenvalue weighted by atomic mass is 32.2. The maximum atomic E-state index is 9.13. The molecule has 0 aliphatic rings. The van der Waals surface area contributed by atoms with E-state index in [1.807, 2.05) is 11.6 Å². The summed E-state index contributed by atoms with van der Waals surface area (Å²) in [6.45, 7) is 4.87. The monoisotopic (exact) mass is 306 g/mol. The molecule has 0 bridgehead atoms. The molecule has 4 nitrogen and oxygen atoms in total. The van der Waals surface area contributed by atoms with Crippen molar-refractivity contribution in [1.29, 1.82) is 0 Å². The van der Waals surface area contributed by atoms with Crippen LogP contribution in [-0.2, 0) is 13.7 Å². The van der Waals surface area contributed by atoms with Crippen LogP contribution in [0, 0.1) is 13.8 Å². The van der Waals surface area contributed by atoms with Gasteiger partial charge in [-0.1, -0.05) is 23.9 Å². The minimum atomic E-state index is 0.0276. The Labute approximate surface area is 130 Å². The number of thioether (sulfide) groups is 1. The quantitative estimate of drug-likeness (QED) is 0.631. The Kier molecular flexibility index (Phi) is 5.70. The predicted octanol–water partition coefficient (Wildman–Crippen LogP) is 3.09. The molecule has 0 unspecified atom stereocenters. The first kappa shape index (κ1) is 15.9. The van der Waals surface area contributed by atoms with Crippen molar-refractivity contribution >= 4 is 11.8 Å². The first-order valence-electron chi connectivity index (χ1n) is 7.06. The van der Waals surface area contributed by atoms with Gasteiger partial charge in [-0.25, -0.2) is 4.98 Å². The lowest BCUT2D eigenvalue weighted by molar-refractivity contribution is 0.271. The fraction of sp³-hybridized carbons (Fsp3) is 0.438. The van der Waals surface area contributed by atoms with Gasteiger partial charge in [0.05, 0.1) is 25.1 Å². The Balaban J connectivity index is 1.75. The summed E-state index contributed by atoms with van der Waals surface area (Å²) in [5.74, 6) is 1.92. The van der Waals surface area contributed by atoms with Gasteiger partial charge >= 0.3 is 0 Å². The van der Waals surface area contributed by atoms with Crippen molar-refractivity contribution in [2.75, 3.05) is 12.4 Å². The van der Waals surface area contributed by atoms with Crippen molar-refractivity contribution < 1.29 is 9.84 Å². The zero-order valence-electron chi connectivity index (χ0n) is 12.8. The van der Waals surface area contributed by atoms with Crippen LogP contribution in [0.25, 0.3) is 0 Å². The topological polar surface area (TPSA) is 47.3 Å². The SMILES string of the molecule is Cc1ccc(C)c(OCCCSc2ncc(CO)n2C)c1. The summed E-state index contributed by atoms with van der Waals surface area (Å²) in [5.41, 5.74) is 3.23. The first-order chi connectivity index (χ1) is 10.1. The third kappa shape index (κ3) is 4.25. The van der Waals surface area contributed by atoms with Crippen LogP contribution in [-0.4, -0.2) is 27.0 Å². The van der Waals surface area contributed by atoms with Gasteiger partial charge in [0.2, 0.25) is 0 Å². The van der Waals surface area contributed by atoms with Crippen molar-refractivity contribution in [2.45, 2.75) is 32.0 Å². The van der Waals surface area contributed by atoms with E-state index in [0.717, 1.165) is 28.8 Å². The van der Waals surface area contributed by atoms with Crippen molar-refractivity contribution in [3.05, 3.63) is 41.2 Å². The van der Waals surface area contributed by atoms with Gasteiger partial charge in [0.15, 0.2) is 5.16 Å². The van der Waals surface area contributed by atoms with Gasteiger partial charge in [0.1, 0.15) is 5.75 Å². The van der Waals surface area contributed by atoms with E-state index in [1.165, 1.54) is 11.1 Å². The van der Waals surface area contributed by atoms with Crippen molar-refractivity contribution in [2.24, 2.45) is 7.05 Å². The van der Waals surface area contributed by atoms with E-state index in [9.17, 15) is 0 Å². The molecule has 0 aliphatic carbocycles. The van der Waals surface area contributed by atoms with E-state index >= 15 is 0 Å². The van der Waals surface area contributed by atoms with Crippen molar-refractivity contribution in [3.8, 4) is 5.75 Å². The summed E-state index contributed by atoms with van der Waals surface area (Å²) in [6, 6.07) is 6.26. The second-order valence-electron chi connectivity index (χ2n) is 5.07. The van der Waals surface area contributed by atoms with Crippen LogP contribution in [0.4, 0.5) is 0 Å². The van der Waals surface area contributed by atoms with Crippen LogP contribution in [0.15, 0.2) is 29.6 Å². The summed E-state index contributed by atoms with van der Waals surface area (Å²) in [4.78, 5) is 4.29. The maximum absolute atomic E-state index is 9.13. The average molecular weight is 306 g/mol. The van der Waals surface area contributed by atoms with Gasteiger partial charge in [-0.05, 0) is 37.5 Å². The molecule has 114 valence electrons. The Bertz CT molecular complexity index is 596. The Morgan fingerprint density at radius 1 is 1.33 bits per heavy atom. The first-order valence-corrected chi connectivity index (χ1v) is 8.04. The van der Waals surface area contributed by atoms with Gasteiger partial charge in [-0.3, -0.25) is 0 Å². The zero-order chi connectivity index (χ0) is 15.2. The summed E-state index contributed by atoms with van der Waals surface area (Å²) >= 11 is 1.69. The molecule has 5 heteroatoms. The second kappa shape index (κ2) is 7.52. The van der Waals surface area contributed by atoms with E-state index < -0.39 is 0 Å². The second-order valence-corrected chi connectivity index (χ2v) is 6.13. The number of aryl methyl sites for hydroxylation is 2. The largest absolute Gasteiger partial charge is 0.493 e. The van der Waals surface area contributed by atoms with E-state index in [-0.39, 0.29) is 6.61 Å². The summed E-state index contributed by atoms with van der Waals surface area (Å²) in [7, 11) is 1.92. The lowest BCUT2D eigenvalue weighted by Gasteiger charge is -2.10. The lowest BCUT2D eigenvalue weighted by atomic mass is 10.1. The fourth-order valence-electron chi connectivity index (χ4n) is 1.97. The Morgan fingerprint density at radius 3 is 2.86 bits per heavy atom. The molecule has 0 fully saturated rings. The standard InChI is InChI=1S/C16H22N2O2S/c1-12-5-6-13(2)15(9-12)20-7-4-8-21-16-17-10-14(11-19)18(16)3/h5-6,9-10,19H,4,7-8,11H2,1-3H3. The number of benzene rings is 1. The number of hydrogen-bond acceptors (Lipinski definition) is 4. The predicted molar refractivity (Wildman–Crippen MR) is 85.9 cm³/mol. The zero-order valence-corrected chi connectivity index (χ0v) is 13.6. The van der Waals surface area contributed by atoms with Crippen LogP contribution >= 0.6 is 11.8 Å². The summed E-state index contributed by atoms with van der Waals surface area (Å²) < 4.78 is 7.76. The molecule has 2 aromatic rings. The third-order valence-corrected chi connectivity index (χ3v) is 4.46. The highest BCUT2D eigenvalue weighted by Gasteiger charge is 2.06. The molecule has 2 rings (SSSR count). The summed E-state index contributed by atoms with van der Waals surface area (Å²) in [5, 5.41) is 10.1. The molecule has 0 saturated heterocycles. The van der Waals surface area contributed by atoms with Gasteiger partial charge in [-0.2, -0.15) is 0 Å². The molecule has 21 heavy (non-hydrogen) atoms. The van der Waals surface area contributed by atoms with Crippen molar-refractivity contribution in [3.63, 3.8) is 0 Å². The molecule has 0 saturated carbocycles. The van der Waals surface area contributed by atoms with E-state index in [4.69, 9.17) is 9.84 Å². The lowest BCUT2D eigenvalue weighted by Crippen LogP contribution is -2.02. The molecule has 0 aliphatic heterocycles. The van der Waals surface area contributed by atoms with Crippen LogP contribution in [0.1, 0.15) is 23.2 Å². The number of ether oxygens (including phenoxy) is 1. The van der Waals surface area contributed by atoms with E-state index in [0.29, 0.717) is 6.61 Å². The molecule has 1 aromatic heterocycles. The van der Waals surface area contributed by atoms with Crippen LogP contribution in [0.3, 0.4) is 0 Å². The fourth-order valence-corrected chi connectivity index (χ4v) is 2.86. The molecular formula is C16H22N2O2S. The minimum Gasteiger partial charge on any atom is -0.493 e. The number of aromatic nitrogens is 2. The molecule has 1 heterocycles. The van der Waals surface area contributed by atoms with Gasteiger partial charge < -0.3 is 14.4 Å². The number of rotatable bonds is 7. The molecular weight excluding hydrogens is 284 g/mol. The normalized spacial score (nSPS) is 10.9. The number of nitrogens with zero attached hydrogens (tertiary/aromatic N) is 2. The molecule has 1 N–H and O–H groups in total. The van der Waals surface area contributed by atoms with Crippen molar-refractivity contribution in [1.82, 2.24) is 9.55 Å². The van der Waals surface area contributed by atoms with E-state index in [1.54, 1.807) is 18.0 Å². The number of imidazole rings is 1. The smallest absolute Gasteiger partial charge is 0.167 e. The number of aliphatic hydroxyl groups excluding tert-OH is 1. The molecule has 0 spiro atoms. The minimum absolute atomic E-state index is 0.0276. The number of hydrogen-bond donors (Lipinski definition) is 1. The number of aliphatic hydroxyl groups is 1. The van der Waals surface area contributed by atoms with Crippen LogP contribution in [0.2, 0.25) is 0 Å². The average Bonchev–Trinajstić information content (AvgIpc) is 2.83. The van der Waals surface area contributed by atoms with E-state index in [2.05, 4.69) is 37.0 Å². The highest BCUT2D eigenvalue weighted by molar-refractivity contribution is 7.99. The van der Waals surface area contributed by atoms with Crippen LogP contribution in [0.5, 0.6) is 5.75 Å². The molecule has 1 aromatic carbocycles.